The zero-order chi connectivity index (χ0) is 25.4. The summed E-state index contributed by atoms with van der Waals surface area (Å²) in [5.41, 5.74) is 3.70. The number of pyridine rings is 2. The van der Waals surface area contributed by atoms with Gasteiger partial charge in [-0.3, -0.25) is 15.1 Å². The van der Waals surface area contributed by atoms with Gasteiger partial charge < -0.3 is 14.7 Å². The number of fused-ring (bicyclic) bond motifs is 1. The van der Waals surface area contributed by atoms with Gasteiger partial charge >= 0.3 is 0 Å². The first kappa shape index (κ1) is 24.3. The molecule has 1 aliphatic heterocycles. The van der Waals surface area contributed by atoms with Gasteiger partial charge in [0.25, 0.3) is 5.91 Å². The lowest BCUT2D eigenvalue weighted by atomic mass is 10.0. The van der Waals surface area contributed by atoms with Crippen molar-refractivity contribution in [1.29, 1.82) is 0 Å². The van der Waals surface area contributed by atoms with Crippen LogP contribution in [-0.2, 0) is 0 Å². The first-order valence-electron chi connectivity index (χ1n) is 11.4. The Morgan fingerprint density at radius 2 is 1.92 bits per heavy atom. The van der Waals surface area contributed by atoms with Gasteiger partial charge in [-0.25, -0.2) is 15.0 Å². The Kier molecular flexibility index (Phi) is 6.69. The Balaban J connectivity index is 1.46. The minimum Gasteiger partial charge on any atom is -0.494 e. The second-order valence-corrected chi connectivity index (χ2v) is 9.90. The molecule has 10 nitrogen and oxygen atoms in total. The van der Waals surface area contributed by atoms with Crippen LogP contribution in [-0.4, -0.2) is 62.2 Å². The van der Waals surface area contributed by atoms with E-state index >= 15 is 0 Å². The highest BCUT2D eigenvalue weighted by atomic mass is 35.5. The van der Waals surface area contributed by atoms with E-state index in [-0.39, 0.29) is 17.2 Å². The van der Waals surface area contributed by atoms with Crippen molar-refractivity contribution < 1.29 is 14.6 Å². The van der Waals surface area contributed by atoms with Crippen LogP contribution in [0.5, 0.6) is 5.75 Å². The molecule has 4 aromatic rings. The van der Waals surface area contributed by atoms with E-state index in [1.54, 1.807) is 12.1 Å². The summed E-state index contributed by atoms with van der Waals surface area (Å²) in [5, 5.41) is 13.4. The number of hydrogen-bond acceptors (Lipinski definition) is 10. The van der Waals surface area contributed by atoms with Crippen LogP contribution < -0.4 is 15.0 Å². The van der Waals surface area contributed by atoms with E-state index in [9.17, 15) is 9.90 Å². The molecule has 2 N–H and O–H groups in total. The molecule has 186 valence electrons. The lowest BCUT2D eigenvalue weighted by Gasteiger charge is -2.29. The zero-order valence-corrected chi connectivity index (χ0v) is 21.5. The van der Waals surface area contributed by atoms with Crippen molar-refractivity contribution >= 4 is 50.3 Å². The molecule has 12 heteroatoms. The largest absolute Gasteiger partial charge is 0.494 e. The SMILES string of the molecule is COc1cnc(Cl)cc1-c1cc(C)ncc1C(=O)Nc1nc2c(C)nc(N3CCC(O)CC3)nc2s1. The molecule has 1 fully saturated rings. The van der Waals surface area contributed by atoms with Crippen LogP contribution in [0.15, 0.2) is 24.5 Å². The Morgan fingerprint density at radius 1 is 1.14 bits per heavy atom. The van der Waals surface area contributed by atoms with Gasteiger partial charge in [0, 0.05) is 36.1 Å². The average molecular weight is 526 g/mol. The van der Waals surface area contributed by atoms with Crippen molar-refractivity contribution in [3.63, 3.8) is 0 Å². The quantitative estimate of drug-likeness (QED) is 0.371. The van der Waals surface area contributed by atoms with Crippen LogP contribution in [0.1, 0.15) is 34.6 Å². The van der Waals surface area contributed by atoms with Gasteiger partial charge in [-0.1, -0.05) is 22.9 Å². The summed E-state index contributed by atoms with van der Waals surface area (Å²) < 4.78 is 5.45. The van der Waals surface area contributed by atoms with E-state index in [1.807, 2.05) is 13.8 Å². The number of aliphatic hydroxyl groups excluding tert-OH is 1. The number of methoxy groups -OCH3 is 1. The topological polar surface area (TPSA) is 126 Å². The number of piperidine rings is 1. The van der Waals surface area contributed by atoms with Crippen LogP contribution >= 0.6 is 22.9 Å². The molecule has 36 heavy (non-hydrogen) atoms. The summed E-state index contributed by atoms with van der Waals surface area (Å²) in [6.45, 7) is 5.11. The Labute approximate surface area is 216 Å². The number of hydrogen-bond donors (Lipinski definition) is 2. The number of aromatic nitrogens is 5. The van der Waals surface area contributed by atoms with E-state index in [2.05, 4.69) is 35.1 Å². The molecule has 0 saturated carbocycles. The van der Waals surface area contributed by atoms with Crippen LogP contribution in [0, 0.1) is 13.8 Å². The van der Waals surface area contributed by atoms with Gasteiger partial charge in [-0.2, -0.15) is 4.98 Å². The summed E-state index contributed by atoms with van der Waals surface area (Å²) in [5.74, 6) is 0.727. The normalized spacial score (nSPS) is 14.3. The molecule has 1 saturated heterocycles. The summed E-state index contributed by atoms with van der Waals surface area (Å²) in [6.07, 6.45) is 4.13. The maximum Gasteiger partial charge on any atom is 0.259 e. The van der Waals surface area contributed by atoms with Crippen LogP contribution in [0.25, 0.3) is 21.5 Å². The monoisotopic (exact) mass is 525 g/mol. The number of nitrogens with zero attached hydrogens (tertiary/aromatic N) is 6. The van der Waals surface area contributed by atoms with Gasteiger partial charge in [0.15, 0.2) is 9.96 Å². The number of amides is 1. The van der Waals surface area contributed by atoms with Crippen molar-refractivity contribution in [3.8, 4) is 16.9 Å². The number of anilines is 2. The fourth-order valence-electron chi connectivity index (χ4n) is 4.12. The third kappa shape index (κ3) is 4.81. The molecule has 0 aliphatic carbocycles. The van der Waals surface area contributed by atoms with Gasteiger partial charge in [0.05, 0.1) is 30.7 Å². The Morgan fingerprint density at radius 3 is 2.67 bits per heavy atom. The maximum absolute atomic E-state index is 13.4. The molecule has 0 spiro atoms. The van der Waals surface area contributed by atoms with Crippen LogP contribution in [0.2, 0.25) is 5.15 Å². The highest BCUT2D eigenvalue weighted by molar-refractivity contribution is 7.22. The highest BCUT2D eigenvalue weighted by Gasteiger charge is 2.23. The number of carbonyl (C=O) groups is 1. The van der Waals surface area contributed by atoms with Gasteiger partial charge in [0.1, 0.15) is 16.4 Å². The second-order valence-electron chi connectivity index (χ2n) is 8.53. The molecule has 0 unspecified atom stereocenters. The third-order valence-electron chi connectivity index (χ3n) is 6.02. The fourth-order valence-corrected chi connectivity index (χ4v) is 5.16. The zero-order valence-electron chi connectivity index (χ0n) is 19.9. The summed E-state index contributed by atoms with van der Waals surface area (Å²) in [4.78, 5) is 38.4. The molecule has 1 aliphatic rings. The van der Waals surface area contributed by atoms with E-state index in [0.29, 0.717) is 69.8 Å². The van der Waals surface area contributed by atoms with Gasteiger partial charge in [0.2, 0.25) is 5.95 Å². The number of rotatable bonds is 5. The smallest absolute Gasteiger partial charge is 0.259 e. The molecule has 5 rings (SSSR count). The molecular weight excluding hydrogens is 502 g/mol. The predicted octanol–water partition coefficient (Wildman–Crippen LogP) is 4.04. The van der Waals surface area contributed by atoms with E-state index in [4.69, 9.17) is 16.3 Å². The van der Waals surface area contributed by atoms with Crippen molar-refractivity contribution in [1.82, 2.24) is 24.9 Å². The van der Waals surface area contributed by atoms with E-state index in [1.165, 1.54) is 30.8 Å². The fraction of sp³-hybridized carbons (Fsp3) is 0.333. The third-order valence-corrected chi connectivity index (χ3v) is 7.09. The molecule has 5 heterocycles. The van der Waals surface area contributed by atoms with Gasteiger partial charge in [-0.15, -0.1) is 0 Å². The second kappa shape index (κ2) is 9.92. The van der Waals surface area contributed by atoms with Crippen molar-refractivity contribution in [2.45, 2.75) is 32.8 Å². The van der Waals surface area contributed by atoms with Gasteiger partial charge in [-0.05, 0) is 38.8 Å². The number of aliphatic hydroxyl groups is 1. The Bertz CT molecular complexity index is 1450. The van der Waals surface area contributed by atoms with Crippen LogP contribution in [0.4, 0.5) is 11.1 Å². The molecule has 0 radical (unpaired) electrons. The molecule has 0 aromatic carbocycles. The Hall–Kier alpha value is -3.41. The number of aryl methyl sites for hydroxylation is 2. The van der Waals surface area contributed by atoms with Crippen molar-refractivity contribution in [3.05, 3.63) is 46.6 Å². The molecule has 1 amide bonds. The summed E-state index contributed by atoms with van der Waals surface area (Å²) >= 11 is 7.42. The first-order valence-corrected chi connectivity index (χ1v) is 12.6. The predicted molar refractivity (Wildman–Crippen MR) is 139 cm³/mol. The van der Waals surface area contributed by atoms with Crippen LogP contribution in [0.3, 0.4) is 0 Å². The molecule has 0 atom stereocenters. The minimum absolute atomic E-state index is 0.277. The number of thiazole rings is 1. The minimum atomic E-state index is -0.373. The standard InChI is InChI=1S/C24H24ClN7O3S/c1-12-8-15(16-9-19(25)27-11-18(16)35-3)17(10-26-12)21(34)30-24-29-20-13(2)28-23(31-22(20)36-24)32-6-4-14(33)5-7-32/h8-11,14,33H,4-7H2,1-3H3,(H,29,30,34). The molecular formula is C24H24ClN7O3S. The molecule has 4 aromatic heterocycles. The number of ether oxygens (including phenoxy) is 1. The maximum atomic E-state index is 13.4. The van der Waals surface area contributed by atoms with E-state index in [0.717, 1.165) is 11.4 Å². The lowest BCUT2D eigenvalue weighted by molar-refractivity contribution is 0.102. The average Bonchev–Trinajstić information content (AvgIpc) is 3.27. The molecule has 0 bridgehead atoms. The summed E-state index contributed by atoms with van der Waals surface area (Å²) in [6, 6.07) is 3.46. The van der Waals surface area contributed by atoms with Crippen molar-refractivity contribution in [2.75, 3.05) is 30.4 Å². The number of halogens is 1. The van der Waals surface area contributed by atoms with E-state index < -0.39 is 0 Å². The van der Waals surface area contributed by atoms with Crippen molar-refractivity contribution in [2.24, 2.45) is 0 Å². The highest BCUT2D eigenvalue weighted by Crippen LogP contribution is 2.35. The first-order chi connectivity index (χ1) is 17.3. The summed E-state index contributed by atoms with van der Waals surface area (Å²) in [7, 11) is 1.53. The lowest BCUT2D eigenvalue weighted by Crippen LogP contribution is -2.36. The number of carbonyl (C=O) groups excluding carboxylic acids is 1. The number of nitrogens with one attached hydrogen (secondary N) is 1.